The summed E-state index contributed by atoms with van der Waals surface area (Å²) in [7, 11) is -2.27. The summed E-state index contributed by atoms with van der Waals surface area (Å²) in [6.45, 7) is 7.07. The fourth-order valence-electron chi connectivity index (χ4n) is 2.99. The maximum absolute atomic E-state index is 6.06. The molecule has 156 valence electrons. The highest BCUT2D eigenvalue weighted by atomic mass is 35.5. The predicted molar refractivity (Wildman–Crippen MR) is 122 cm³/mol. The molecule has 0 aromatic heterocycles. The molecule has 0 aliphatic heterocycles. The fourth-order valence-corrected chi connectivity index (χ4v) is 4.95. The highest BCUT2D eigenvalue weighted by Crippen LogP contribution is 2.35. The first-order chi connectivity index (χ1) is 12.9. The van der Waals surface area contributed by atoms with Crippen LogP contribution in [0.2, 0.25) is 28.2 Å². The molecular weight excluding hydrogens is 419 g/mol. The summed E-state index contributed by atoms with van der Waals surface area (Å²) in [5, 5.41) is 1.15. The normalized spacial score (nSPS) is 11.8. The van der Waals surface area contributed by atoms with Gasteiger partial charge in [-0.3, -0.25) is 0 Å². The van der Waals surface area contributed by atoms with Gasteiger partial charge in [-0.1, -0.05) is 106 Å². The molecule has 6 heteroatoms. The minimum Gasteiger partial charge on any atom is -0.520 e. The molecule has 27 heavy (non-hydrogen) atoms. The van der Waals surface area contributed by atoms with E-state index < -0.39 is 8.56 Å². The van der Waals surface area contributed by atoms with Crippen LogP contribution < -0.4 is 4.43 Å². The van der Waals surface area contributed by atoms with Gasteiger partial charge in [0.05, 0.1) is 15.1 Å². The Morgan fingerprint density at radius 2 is 1.19 bits per heavy atom. The van der Waals surface area contributed by atoms with Crippen molar-refractivity contribution in [3.8, 4) is 5.75 Å². The number of benzene rings is 1. The van der Waals surface area contributed by atoms with E-state index in [4.69, 9.17) is 43.7 Å². The van der Waals surface area contributed by atoms with Crippen molar-refractivity contribution in [2.75, 3.05) is 6.61 Å². The van der Waals surface area contributed by atoms with Crippen LogP contribution in [-0.2, 0) is 4.43 Å². The zero-order valence-corrected chi connectivity index (χ0v) is 20.4. The quantitative estimate of drug-likeness (QED) is 0.150. The Morgan fingerprint density at radius 1 is 0.741 bits per heavy atom. The van der Waals surface area contributed by atoms with Crippen LogP contribution in [0.4, 0.5) is 0 Å². The predicted octanol–water partition coefficient (Wildman–Crippen LogP) is 9.05. The lowest BCUT2D eigenvalue weighted by Crippen LogP contribution is -2.38. The van der Waals surface area contributed by atoms with Gasteiger partial charge in [0, 0.05) is 6.61 Å². The largest absolute Gasteiger partial charge is 0.520 e. The van der Waals surface area contributed by atoms with Gasteiger partial charge in [-0.05, 0) is 31.6 Å². The van der Waals surface area contributed by atoms with Gasteiger partial charge in [0.2, 0.25) is 0 Å². The van der Waals surface area contributed by atoms with Crippen LogP contribution in [0.5, 0.6) is 5.75 Å². The summed E-state index contributed by atoms with van der Waals surface area (Å²) >= 11 is 18.1. The van der Waals surface area contributed by atoms with E-state index >= 15 is 0 Å². The Hall–Kier alpha value is 0.0669. The molecule has 0 fully saturated rings. The number of hydrogen-bond acceptors (Lipinski definition) is 2. The molecule has 0 aliphatic rings. The van der Waals surface area contributed by atoms with E-state index in [1.165, 1.54) is 64.2 Å². The minimum absolute atomic E-state index is 0.354. The first-order valence-corrected chi connectivity index (χ1v) is 14.3. The van der Waals surface area contributed by atoms with Gasteiger partial charge in [0.1, 0.15) is 5.75 Å². The van der Waals surface area contributed by atoms with Crippen molar-refractivity contribution >= 4 is 43.4 Å². The lowest BCUT2D eigenvalue weighted by molar-refractivity contribution is 0.240. The Labute approximate surface area is 182 Å². The molecule has 0 radical (unpaired) electrons. The molecule has 0 saturated heterocycles. The van der Waals surface area contributed by atoms with Gasteiger partial charge >= 0.3 is 8.56 Å². The molecule has 0 spiro atoms. The minimum atomic E-state index is -2.27. The summed E-state index contributed by atoms with van der Waals surface area (Å²) in [6.07, 6.45) is 14.6. The van der Waals surface area contributed by atoms with Crippen LogP contribution in [0.15, 0.2) is 12.1 Å². The molecule has 0 heterocycles. The van der Waals surface area contributed by atoms with Crippen molar-refractivity contribution in [2.45, 2.75) is 90.6 Å². The fraction of sp³-hybridized carbons (Fsp3) is 0.714. The van der Waals surface area contributed by atoms with Crippen LogP contribution in [0, 0.1) is 0 Å². The van der Waals surface area contributed by atoms with E-state index in [2.05, 4.69) is 6.92 Å². The lowest BCUT2D eigenvalue weighted by atomic mass is 10.1. The Balaban J connectivity index is 2.10. The van der Waals surface area contributed by atoms with Crippen molar-refractivity contribution in [3.63, 3.8) is 0 Å². The van der Waals surface area contributed by atoms with E-state index in [9.17, 15) is 0 Å². The monoisotopic (exact) mass is 452 g/mol. The van der Waals surface area contributed by atoms with Crippen LogP contribution in [-0.4, -0.2) is 15.2 Å². The molecule has 0 atom stereocenters. The standard InChI is InChI=1S/C21H35Cl3O2Si/c1-4-5-6-7-8-9-10-11-12-13-14-15-25-27(2,3)26-18-16-19(22)21(24)20(23)17-18/h16-17H,4-15H2,1-3H3. The van der Waals surface area contributed by atoms with Gasteiger partial charge in [0.25, 0.3) is 0 Å². The van der Waals surface area contributed by atoms with Crippen molar-refractivity contribution in [2.24, 2.45) is 0 Å². The first kappa shape index (κ1) is 25.1. The highest BCUT2D eigenvalue weighted by molar-refractivity contribution is 6.65. The van der Waals surface area contributed by atoms with Crippen LogP contribution in [0.3, 0.4) is 0 Å². The molecule has 1 rings (SSSR count). The number of halogens is 3. The molecular formula is C21H35Cl3O2Si. The molecule has 0 amide bonds. The second-order valence-electron chi connectivity index (χ2n) is 7.59. The van der Waals surface area contributed by atoms with Gasteiger partial charge in [-0.25, -0.2) is 0 Å². The molecule has 0 aliphatic carbocycles. The summed E-state index contributed by atoms with van der Waals surface area (Å²) in [4.78, 5) is 0. The zero-order chi connectivity index (χ0) is 20.1. The van der Waals surface area contributed by atoms with Gasteiger partial charge in [-0.2, -0.15) is 0 Å². The third kappa shape index (κ3) is 11.6. The topological polar surface area (TPSA) is 18.5 Å². The first-order valence-electron chi connectivity index (χ1n) is 10.3. The van der Waals surface area contributed by atoms with Crippen molar-refractivity contribution in [1.82, 2.24) is 0 Å². The molecule has 1 aromatic rings. The number of rotatable bonds is 15. The van der Waals surface area contributed by atoms with Crippen molar-refractivity contribution in [1.29, 1.82) is 0 Å². The van der Waals surface area contributed by atoms with E-state index in [-0.39, 0.29) is 0 Å². The second kappa shape index (κ2) is 14.1. The van der Waals surface area contributed by atoms with E-state index in [1.807, 2.05) is 13.1 Å². The molecule has 0 saturated carbocycles. The molecule has 0 N–H and O–H groups in total. The third-order valence-corrected chi connectivity index (χ3v) is 7.34. The Bertz CT molecular complexity index is 515. The number of hydrogen-bond donors (Lipinski definition) is 0. The highest BCUT2D eigenvalue weighted by Gasteiger charge is 2.27. The molecule has 0 bridgehead atoms. The lowest BCUT2D eigenvalue weighted by Gasteiger charge is -2.24. The van der Waals surface area contributed by atoms with Gasteiger partial charge in [0.15, 0.2) is 0 Å². The Morgan fingerprint density at radius 3 is 1.67 bits per heavy atom. The molecule has 2 nitrogen and oxygen atoms in total. The average molecular weight is 454 g/mol. The van der Waals surface area contributed by atoms with Crippen molar-refractivity contribution in [3.05, 3.63) is 27.2 Å². The molecule has 0 unspecified atom stereocenters. The second-order valence-corrected chi connectivity index (χ2v) is 12.1. The molecule has 1 aromatic carbocycles. The average Bonchev–Trinajstić information content (AvgIpc) is 2.60. The van der Waals surface area contributed by atoms with Gasteiger partial charge in [-0.15, -0.1) is 0 Å². The van der Waals surface area contributed by atoms with Gasteiger partial charge < -0.3 is 8.85 Å². The van der Waals surface area contributed by atoms with Crippen LogP contribution >= 0.6 is 34.8 Å². The summed E-state index contributed by atoms with van der Waals surface area (Å²) < 4.78 is 12.0. The van der Waals surface area contributed by atoms with E-state index in [0.717, 1.165) is 13.0 Å². The Kier molecular flexibility index (Phi) is 13.1. The summed E-state index contributed by atoms with van der Waals surface area (Å²) in [5.74, 6) is 0.616. The van der Waals surface area contributed by atoms with E-state index in [1.54, 1.807) is 12.1 Å². The number of unbranched alkanes of at least 4 members (excludes halogenated alkanes) is 10. The summed E-state index contributed by atoms with van der Waals surface area (Å²) in [6, 6.07) is 3.38. The maximum Gasteiger partial charge on any atom is 0.392 e. The SMILES string of the molecule is CCCCCCCCCCCCCO[Si](C)(C)Oc1cc(Cl)c(Cl)c(Cl)c1. The smallest absolute Gasteiger partial charge is 0.392 e. The van der Waals surface area contributed by atoms with Crippen molar-refractivity contribution < 1.29 is 8.85 Å². The van der Waals surface area contributed by atoms with E-state index in [0.29, 0.717) is 20.8 Å². The summed E-state index contributed by atoms with van der Waals surface area (Å²) in [5.41, 5.74) is 0. The van der Waals surface area contributed by atoms with Crippen LogP contribution in [0.1, 0.15) is 77.6 Å². The van der Waals surface area contributed by atoms with Crippen LogP contribution in [0.25, 0.3) is 0 Å². The zero-order valence-electron chi connectivity index (χ0n) is 17.1. The maximum atomic E-state index is 6.06. The third-order valence-electron chi connectivity index (χ3n) is 4.52.